The molecule has 0 radical (unpaired) electrons. The highest BCUT2D eigenvalue weighted by atomic mass is 16.6. The first-order valence-corrected chi connectivity index (χ1v) is 10.7. The smallest absolute Gasteiger partial charge is 0.410 e. The Bertz CT molecular complexity index is 677. The van der Waals surface area contributed by atoms with E-state index in [-0.39, 0.29) is 13.1 Å². The van der Waals surface area contributed by atoms with Gasteiger partial charge in [-0.3, -0.25) is 9.59 Å². The van der Waals surface area contributed by atoms with Crippen molar-refractivity contribution in [1.82, 2.24) is 9.80 Å². The lowest BCUT2D eigenvalue weighted by molar-refractivity contribution is -0.148. The highest BCUT2D eigenvalue weighted by molar-refractivity contribution is 5.78. The maximum absolute atomic E-state index is 11.7. The predicted octanol–water partition coefficient (Wildman–Crippen LogP) is 3.44. The number of amides is 2. The number of carbonyl (C=O) groups is 4. The lowest BCUT2D eigenvalue weighted by Gasteiger charge is -2.25. The number of hydrogen-bond donors (Lipinski definition) is 2. The number of nitrogens with zero attached hydrogens (tertiary/aromatic N) is 2. The van der Waals surface area contributed by atoms with Crippen LogP contribution in [0.25, 0.3) is 0 Å². The first-order chi connectivity index (χ1) is 14.3. The van der Waals surface area contributed by atoms with Gasteiger partial charge in [-0.15, -0.1) is 0 Å². The number of hydrogen-bond acceptors (Lipinski definition) is 6. The molecule has 2 aliphatic heterocycles. The molecular formula is C22H38N2O8. The van der Waals surface area contributed by atoms with Crippen LogP contribution in [0.4, 0.5) is 9.59 Å². The van der Waals surface area contributed by atoms with Gasteiger partial charge in [0, 0.05) is 26.2 Å². The van der Waals surface area contributed by atoms with Gasteiger partial charge in [-0.05, 0) is 68.2 Å². The lowest BCUT2D eigenvalue weighted by Crippen LogP contribution is -2.38. The monoisotopic (exact) mass is 458 g/mol. The molecule has 2 heterocycles. The van der Waals surface area contributed by atoms with Crippen LogP contribution in [0.15, 0.2) is 0 Å². The summed E-state index contributed by atoms with van der Waals surface area (Å²) in [5, 5.41) is 18.1. The van der Waals surface area contributed by atoms with E-state index < -0.39 is 46.2 Å². The van der Waals surface area contributed by atoms with Gasteiger partial charge in [-0.25, -0.2) is 9.59 Å². The largest absolute Gasteiger partial charge is 0.481 e. The maximum Gasteiger partial charge on any atom is 0.410 e. The highest BCUT2D eigenvalue weighted by Gasteiger charge is 2.44. The molecule has 2 unspecified atom stereocenters. The predicted molar refractivity (Wildman–Crippen MR) is 116 cm³/mol. The van der Waals surface area contributed by atoms with E-state index >= 15 is 0 Å². The molecule has 10 heteroatoms. The number of aliphatic carboxylic acids is 2. The van der Waals surface area contributed by atoms with Crippen LogP contribution in [0.5, 0.6) is 0 Å². The molecule has 32 heavy (non-hydrogen) atoms. The molecule has 0 bridgehead atoms. The van der Waals surface area contributed by atoms with E-state index in [0.29, 0.717) is 25.9 Å². The third kappa shape index (κ3) is 7.87. The fraction of sp³-hybridized carbons (Fsp3) is 0.818. The van der Waals surface area contributed by atoms with Crippen molar-refractivity contribution in [3.05, 3.63) is 0 Å². The Morgan fingerprint density at radius 2 is 0.969 bits per heavy atom. The second kappa shape index (κ2) is 9.54. The Labute approximate surface area is 189 Å². The van der Waals surface area contributed by atoms with Crippen molar-refractivity contribution >= 4 is 24.1 Å². The van der Waals surface area contributed by atoms with Crippen LogP contribution in [0.1, 0.15) is 68.2 Å². The van der Waals surface area contributed by atoms with E-state index in [2.05, 4.69) is 0 Å². The highest BCUT2D eigenvalue weighted by Crippen LogP contribution is 2.32. The van der Waals surface area contributed by atoms with Gasteiger partial charge in [0.2, 0.25) is 0 Å². The van der Waals surface area contributed by atoms with Crippen LogP contribution in [-0.4, -0.2) is 81.5 Å². The molecule has 10 nitrogen and oxygen atoms in total. The van der Waals surface area contributed by atoms with E-state index in [0.717, 1.165) is 0 Å². The van der Waals surface area contributed by atoms with Crippen molar-refractivity contribution < 1.29 is 38.9 Å². The molecule has 0 aromatic heterocycles. The Kier molecular flexibility index (Phi) is 8.20. The normalized spacial score (nSPS) is 25.6. The first kappa shape index (κ1) is 27.5. The molecule has 0 saturated carbocycles. The second-order valence-electron chi connectivity index (χ2n) is 11.0. The molecule has 2 saturated heterocycles. The molecule has 2 amide bonds. The first-order valence-electron chi connectivity index (χ1n) is 10.7. The molecule has 2 N–H and O–H groups in total. The van der Waals surface area contributed by atoms with Crippen molar-refractivity contribution in [2.75, 3.05) is 26.2 Å². The van der Waals surface area contributed by atoms with Crippen LogP contribution in [-0.2, 0) is 19.1 Å². The summed E-state index contributed by atoms with van der Waals surface area (Å²) >= 11 is 0. The number of carboxylic acids is 2. The van der Waals surface area contributed by atoms with Crippen molar-refractivity contribution in [3.8, 4) is 0 Å². The molecule has 2 aliphatic rings. The zero-order valence-corrected chi connectivity index (χ0v) is 20.5. The zero-order chi connectivity index (χ0) is 25.1. The summed E-state index contributed by atoms with van der Waals surface area (Å²) in [5.41, 5.74) is -2.76. The van der Waals surface area contributed by atoms with Crippen molar-refractivity contribution in [3.63, 3.8) is 0 Å². The second-order valence-corrected chi connectivity index (χ2v) is 11.0. The minimum absolute atomic E-state index is 0.219. The quantitative estimate of drug-likeness (QED) is 0.643. The van der Waals surface area contributed by atoms with Gasteiger partial charge in [0.05, 0.1) is 10.8 Å². The molecule has 0 spiro atoms. The van der Waals surface area contributed by atoms with Crippen molar-refractivity contribution in [2.24, 2.45) is 10.8 Å². The summed E-state index contributed by atoms with van der Waals surface area (Å²) in [4.78, 5) is 48.3. The van der Waals surface area contributed by atoms with Crippen molar-refractivity contribution in [1.29, 1.82) is 0 Å². The van der Waals surface area contributed by atoms with E-state index in [1.807, 2.05) is 0 Å². The van der Waals surface area contributed by atoms with Gasteiger partial charge in [0.15, 0.2) is 0 Å². The number of rotatable bonds is 2. The molecule has 0 aliphatic carbocycles. The Morgan fingerprint density at radius 1 is 0.688 bits per heavy atom. The molecule has 0 aromatic carbocycles. The lowest BCUT2D eigenvalue weighted by atomic mass is 9.90. The van der Waals surface area contributed by atoms with Crippen LogP contribution in [0.3, 0.4) is 0 Å². The standard InChI is InChI=1S/2C11H19NO4/c2*1-10(2,3)16-9(15)12-6-5-11(4,7-12)8(13)14/h2*5-7H2,1-4H3,(H,13,14). The van der Waals surface area contributed by atoms with E-state index in [1.54, 1.807) is 55.4 Å². The Balaban J connectivity index is 0.000000320. The van der Waals surface area contributed by atoms with Crippen LogP contribution in [0.2, 0.25) is 0 Å². The van der Waals surface area contributed by atoms with Gasteiger partial charge < -0.3 is 29.5 Å². The maximum atomic E-state index is 11.7. The summed E-state index contributed by atoms with van der Waals surface area (Å²) in [5.74, 6) is -1.72. The van der Waals surface area contributed by atoms with Gasteiger partial charge >= 0.3 is 24.1 Å². The molecule has 184 valence electrons. The van der Waals surface area contributed by atoms with E-state index in [9.17, 15) is 19.2 Å². The van der Waals surface area contributed by atoms with E-state index in [4.69, 9.17) is 19.7 Å². The van der Waals surface area contributed by atoms with Gasteiger partial charge in [0.25, 0.3) is 0 Å². The summed E-state index contributed by atoms with van der Waals surface area (Å²) in [6, 6.07) is 0. The number of carboxylic acid groups (broad SMARTS) is 2. The number of carbonyl (C=O) groups excluding carboxylic acids is 2. The molecule has 2 fully saturated rings. The summed E-state index contributed by atoms with van der Waals surface area (Å²) in [7, 11) is 0. The minimum Gasteiger partial charge on any atom is -0.481 e. The van der Waals surface area contributed by atoms with Crippen LogP contribution in [0, 0.1) is 10.8 Å². The van der Waals surface area contributed by atoms with Crippen LogP contribution < -0.4 is 0 Å². The summed E-state index contributed by atoms with van der Waals surface area (Å²) in [6.07, 6.45) is 0.0818. The summed E-state index contributed by atoms with van der Waals surface area (Å²) < 4.78 is 10.4. The van der Waals surface area contributed by atoms with Gasteiger partial charge in [-0.2, -0.15) is 0 Å². The topological polar surface area (TPSA) is 134 Å². The zero-order valence-electron chi connectivity index (χ0n) is 20.5. The average Bonchev–Trinajstić information content (AvgIpc) is 3.18. The fourth-order valence-corrected chi connectivity index (χ4v) is 3.24. The molecular weight excluding hydrogens is 420 g/mol. The van der Waals surface area contributed by atoms with Gasteiger partial charge in [0.1, 0.15) is 11.2 Å². The van der Waals surface area contributed by atoms with E-state index in [1.165, 1.54) is 9.80 Å². The van der Waals surface area contributed by atoms with Gasteiger partial charge in [-0.1, -0.05) is 0 Å². The molecule has 0 aromatic rings. The Morgan fingerprint density at radius 3 is 1.16 bits per heavy atom. The molecule has 2 rings (SSSR count). The third-order valence-electron chi connectivity index (χ3n) is 5.28. The van der Waals surface area contributed by atoms with Crippen molar-refractivity contribution in [2.45, 2.75) is 79.4 Å². The third-order valence-corrected chi connectivity index (χ3v) is 5.28. The average molecular weight is 459 g/mol. The summed E-state index contributed by atoms with van der Waals surface area (Å²) in [6.45, 7) is 15.4. The SMILES string of the molecule is CC(C)(C)OC(=O)N1CCC(C)(C(=O)O)C1.CC(C)(C)OC(=O)N1CCC(C)(C(=O)O)C1. The number of likely N-dealkylation sites (tertiary alicyclic amines) is 2. The fourth-order valence-electron chi connectivity index (χ4n) is 3.24. The minimum atomic E-state index is -0.862. The molecule has 2 atom stereocenters. The van der Waals surface area contributed by atoms with Crippen LogP contribution >= 0.6 is 0 Å². The Hall–Kier alpha value is -2.52. The number of ether oxygens (including phenoxy) is 2.